The first kappa shape index (κ1) is 22.9. The van der Waals surface area contributed by atoms with Gasteiger partial charge in [-0.3, -0.25) is 9.36 Å². The van der Waals surface area contributed by atoms with E-state index >= 15 is 0 Å². The molecule has 31 heavy (non-hydrogen) atoms. The zero-order chi connectivity index (χ0) is 22.2. The molecule has 3 aromatic rings. The van der Waals surface area contributed by atoms with E-state index in [2.05, 4.69) is 28.2 Å². The Labute approximate surface area is 191 Å². The zero-order valence-corrected chi connectivity index (χ0v) is 19.2. The molecule has 1 N–H and O–H groups in total. The molecular weight excluding hydrogens is 432 g/mol. The molecule has 0 aliphatic rings. The molecule has 0 atom stereocenters. The molecular formula is C23H25ClN4O2S. The molecule has 0 saturated heterocycles. The third-order valence-electron chi connectivity index (χ3n) is 4.54. The maximum atomic E-state index is 12.3. The predicted molar refractivity (Wildman–Crippen MR) is 124 cm³/mol. The van der Waals surface area contributed by atoms with E-state index in [1.165, 1.54) is 11.8 Å². The van der Waals surface area contributed by atoms with E-state index in [0.717, 1.165) is 22.4 Å². The lowest BCUT2D eigenvalue weighted by Crippen LogP contribution is -2.24. The van der Waals surface area contributed by atoms with E-state index in [9.17, 15) is 4.79 Å². The van der Waals surface area contributed by atoms with E-state index < -0.39 is 0 Å². The second-order valence-electron chi connectivity index (χ2n) is 7.05. The first-order chi connectivity index (χ1) is 15.0. The molecule has 0 unspecified atom stereocenters. The number of nitrogens with zero attached hydrogens (tertiary/aromatic N) is 3. The average Bonchev–Trinajstić information content (AvgIpc) is 3.14. The number of rotatable bonds is 10. The number of carbonyl (C=O) groups is 1. The minimum absolute atomic E-state index is 0.0821. The highest BCUT2D eigenvalue weighted by Crippen LogP contribution is 2.22. The molecule has 8 heteroatoms. The maximum Gasteiger partial charge on any atom is 0.230 e. The van der Waals surface area contributed by atoms with E-state index in [1.807, 2.05) is 42.7 Å². The first-order valence-electron chi connectivity index (χ1n) is 9.83. The van der Waals surface area contributed by atoms with Gasteiger partial charge in [-0.2, -0.15) is 0 Å². The average molecular weight is 457 g/mol. The molecule has 0 aliphatic carbocycles. The maximum absolute atomic E-state index is 12.3. The lowest BCUT2D eigenvalue weighted by atomic mass is 10.1. The zero-order valence-electron chi connectivity index (χ0n) is 17.6. The van der Waals surface area contributed by atoms with E-state index in [-0.39, 0.29) is 18.3 Å². The molecule has 0 saturated carbocycles. The third-order valence-corrected chi connectivity index (χ3v) is 5.76. The standard InChI is InChI=1S/C23H25ClN4O2S/c1-4-11-28-21(14-30-20-12-16(2)5-6-17(20)3)26-27-23(28)31-15-22(29)25-13-18-7-9-19(24)10-8-18/h4-10,12H,1,11,13-15H2,2-3H3,(H,25,29). The fourth-order valence-electron chi connectivity index (χ4n) is 2.83. The van der Waals surface area contributed by atoms with Crippen LogP contribution in [0.25, 0.3) is 0 Å². The van der Waals surface area contributed by atoms with Crippen LogP contribution in [0.5, 0.6) is 5.75 Å². The molecule has 1 heterocycles. The molecule has 0 spiro atoms. The molecule has 0 radical (unpaired) electrons. The third kappa shape index (κ3) is 6.60. The number of amides is 1. The highest BCUT2D eigenvalue weighted by molar-refractivity contribution is 7.99. The lowest BCUT2D eigenvalue weighted by molar-refractivity contribution is -0.118. The number of ether oxygens (including phenoxy) is 1. The largest absolute Gasteiger partial charge is 0.485 e. The van der Waals surface area contributed by atoms with Crippen molar-refractivity contribution in [2.45, 2.75) is 38.7 Å². The number of halogens is 1. The van der Waals surface area contributed by atoms with Crippen LogP contribution in [0.2, 0.25) is 5.02 Å². The van der Waals surface area contributed by atoms with Crippen LogP contribution in [0.4, 0.5) is 0 Å². The van der Waals surface area contributed by atoms with Crippen LogP contribution in [0.3, 0.4) is 0 Å². The summed E-state index contributed by atoms with van der Waals surface area (Å²) in [7, 11) is 0. The smallest absolute Gasteiger partial charge is 0.230 e. The fourth-order valence-corrected chi connectivity index (χ4v) is 3.76. The summed E-state index contributed by atoms with van der Waals surface area (Å²) in [5, 5.41) is 12.7. The van der Waals surface area contributed by atoms with Gasteiger partial charge in [0.15, 0.2) is 11.0 Å². The Morgan fingerprint density at radius 2 is 2.00 bits per heavy atom. The van der Waals surface area contributed by atoms with E-state index in [0.29, 0.717) is 29.1 Å². The van der Waals surface area contributed by atoms with Gasteiger partial charge < -0.3 is 10.1 Å². The summed E-state index contributed by atoms with van der Waals surface area (Å²) in [5.74, 6) is 1.66. The van der Waals surface area contributed by atoms with Crippen molar-refractivity contribution in [1.29, 1.82) is 0 Å². The van der Waals surface area contributed by atoms with Gasteiger partial charge in [0, 0.05) is 18.1 Å². The predicted octanol–water partition coefficient (Wildman–Crippen LogP) is 4.72. The van der Waals surface area contributed by atoms with Crippen molar-refractivity contribution in [3.05, 3.63) is 82.7 Å². The number of hydrogen-bond acceptors (Lipinski definition) is 5. The Morgan fingerprint density at radius 3 is 2.74 bits per heavy atom. The summed E-state index contributed by atoms with van der Waals surface area (Å²) in [6.45, 7) is 9.12. The number of aryl methyl sites for hydroxylation is 2. The quantitative estimate of drug-likeness (QED) is 0.353. The Bertz CT molecular complexity index is 1050. The summed E-state index contributed by atoms with van der Waals surface area (Å²) in [5.41, 5.74) is 3.19. The summed E-state index contributed by atoms with van der Waals surface area (Å²) in [6, 6.07) is 13.5. The molecule has 1 aromatic heterocycles. The fraction of sp³-hybridized carbons (Fsp3) is 0.261. The summed E-state index contributed by atoms with van der Waals surface area (Å²) < 4.78 is 7.88. The van der Waals surface area contributed by atoms with Crippen LogP contribution in [0, 0.1) is 13.8 Å². The van der Waals surface area contributed by atoms with Crippen LogP contribution in [-0.4, -0.2) is 26.4 Å². The minimum atomic E-state index is -0.0821. The highest BCUT2D eigenvalue weighted by Gasteiger charge is 2.14. The molecule has 162 valence electrons. The van der Waals surface area contributed by atoms with Gasteiger partial charge in [-0.05, 0) is 48.7 Å². The van der Waals surface area contributed by atoms with Gasteiger partial charge in [0.1, 0.15) is 12.4 Å². The summed E-state index contributed by atoms with van der Waals surface area (Å²) in [4.78, 5) is 12.3. The number of benzene rings is 2. The van der Waals surface area contributed by atoms with Gasteiger partial charge in [-0.25, -0.2) is 0 Å². The van der Waals surface area contributed by atoms with Crippen LogP contribution >= 0.6 is 23.4 Å². The Hall–Kier alpha value is -2.77. The molecule has 0 fully saturated rings. The Kier molecular flexibility index (Phi) is 8.14. The van der Waals surface area contributed by atoms with Crippen LogP contribution in [-0.2, 0) is 24.5 Å². The van der Waals surface area contributed by atoms with Crippen LogP contribution < -0.4 is 10.1 Å². The topological polar surface area (TPSA) is 69.0 Å². The van der Waals surface area contributed by atoms with Crippen LogP contribution in [0.15, 0.2) is 60.3 Å². The van der Waals surface area contributed by atoms with Gasteiger partial charge in [0.2, 0.25) is 5.91 Å². The first-order valence-corrected chi connectivity index (χ1v) is 11.2. The SMILES string of the molecule is C=CCn1c(COc2cc(C)ccc2C)nnc1SCC(=O)NCc1ccc(Cl)cc1. The van der Waals surface area contributed by atoms with Crippen molar-refractivity contribution in [3.8, 4) is 5.75 Å². The van der Waals surface area contributed by atoms with E-state index in [1.54, 1.807) is 18.2 Å². The number of aromatic nitrogens is 3. The number of carbonyl (C=O) groups excluding carboxylic acids is 1. The molecule has 1 amide bonds. The van der Waals surface area contributed by atoms with Crippen molar-refractivity contribution in [1.82, 2.24) is 20.1 Å². The normalized spacial score (nSPS) is 10.7. The van der Waals surface area contributed by atoms with Gasteiger partial charge in [0.25, 0.3) is 0 Å². The van der Waals surface area contributed by atoms with E-state index in [4.69, 9.17) is 16.3 Å². The van der Waals surface area contributed by atoms with Gasteiger partial charge in [-0.1, -0.05) is 53.7 Å². The molecule has 0 aliphatic heterocycles. The van der Waals surface area contributed by atoms with Gasteiger partial charge >= 0.3 is 0 Å². The van der Waals surface area contributed by atoms with Crippen molar-refractivity contribution in [2.24, 2.45) is 0 Å². The number of thioether (sulfide) groups is 1. The number of allylic oxidation sites excluding steroid dienone is 1. The lowest BCUT2D eigenvalue weighted by Gasteiger charge is -2.11. The van der Waals surface area contributed by atoms with Gasteiger partial charge in [-0.15, -0.1) is 16.8 Å². The van der Waals surface area contributed by atoms with Crippen LogP contribution in [0.1, 0.15) is 22.5 Å². The molecule has 3 rings (SSSR count). The highest BCUT2D eigenvalue weighted by atomic mass is 35.5. The molecule has 2 aromatic carbocycles. The second-order valence-corrected chi connectivity index (χ2v) is 8.43. The Balaban J connectivity index is 1.57. The number of hydrogen-bond donors (Lipinski definition) is 1. The van der Waals surface area contributed by atoms with Crippen molar-refractivity contribution in [3.63, 3.8) is 0 Å². The Morgan fingerprint density at radius 1 is 1.23 bits per heavy atom. The van der Waals surface area contributed by atoms with Crippen molar-refractivity contribution in [2.75, 3.05) is 5.75 Å². The molecule has 0 bridgehead atoms. The second kappa shape index (κ2) is 11.0. The molecule has 6 nitrogen and oxygen atoms in total. The summed E-state index contributed by atoms with van der Waals surface area (Å²) in [6.07, 6.45) is 1.77. The van der Waals surface area contributed by atoms with Gasteiger partial charge in [0.05, 0.1) is 5.75 Å². The minimum Gasteiger partial charge on any atom is -0.485 e. The number of nitrogens with one attached hydrogen (secondary N) is 1. The van der Waals surface area contributed by atoms with Crippen molar-refractivity contribution < 1.29 is 9.53 Å². The summed E-state index contributed by atoms with van der Waals surface area (Å²) >= 11 is 7.22. The monoisotopic (exact) mass is 456 g/mol. The van der Waals surface area contributed by atoms with Crippen molar-refractivity contribution >= 4 is 29.3 Å².